The number of non-ortho nitro benzene ring substituents is 1. The summed E-state index contributed by atoms with van der Waals surface area (Å²) in [5.41, 5.74) is -0.174. The number of fused-ring (bicyclic) bond motifs is 1. The molecule has 2 fully saturated rings. The predicted molar refractivity (Wildman–Crippen MR) is 122 cm³/mol. The lowest BCUT2D eigenvalue weighted by Gasteiger charge is -2.30. The van der Waals surface area contributed by atoms with Crippen LogP contribution in [-0.2, 0) is 9.59 Å². The standard InChI is InChI=1S/C23H19Cl2N3O6/c24-14-7-10-18(19(25)11-14)20(29)12-26(21(30)13-5-8-15(9-6-13)28(33)34)27-22(31)16-3-1-2-4-17(16)23(27)32/h5-11,16-17H,1-4,12H2/t16-,17-/m0/s1. The number of benzene rings is 2. The molecule has 1 saturated carbocycles. The van der Waals surface area contributed by atoms with E-state index >= 15 is 0 Å². The largest absolute Gasteiger partial charge is 0.292 e. The van der Waals surface area contributed by atoms with E-state index in [0.29, 0.717) is 17.9 Å². The van der Waals surface area contributed by atoms with Crippen molar-refractivity contribution in [1.82, 2.24) is 10.0 Å². The van der Waals surface area contributed by atoms with E-state index in [1.165, 1.54) is 30.3 Å². The number of amides is 3. The van der Waals surface area contributed by atoms with Crippen LogP contribution in [0.25, 0.3) is 0 Å². The van der Waals surface area contributed by atoms with Crippen molar-refractivity contribution in [3.8, 4) is 0 Å². The zero-order chi connectivity index (χ0) is 24.6. The minimum absolute atomic E-state index is 0.0175. The molecule has 2 aliphatic rings. The summed E-state index contributed by atoms with van der Waals surface area (Å²) in [5.74, 6) is -3.55. The number of ketones is 1. The van der Waals surface area contributed by atoms with Crippen molar-refractivity contribution in [2.24, 2.45) is 11.8 Å². The van der Waals surface area contributed by atoms with E-state index in [2.05, 4.69) is 0 Å². The molecular formula is C23H19Cl2N3O6. The number of hydrazine groups is 1. The van der Waals surface area contributed by atoms with E-state index < -0.39 is 46.8 Å². The van der Waals surface area contributed by atoms with Crippen LogP contribution < -0.4 is 0 Å². The van der Waals surface area contributed by atoms with Crippen LogP contribution in [0.1, 0.15) is 46.4 Å². The number of imide groups is 1. The number of hydrogen-bond donors (Lipinski definition) is 0. The molecule has 4 rings (SSSR count). The van der Waals surface area contributed by atoms with Gasteiger partial charge in [0.15, 0.2) is 5.78 Å². The summed E-state index contributed by atoms with van der Waals surface area (Å²) in [4.78, 5) is 63.2. The molecule has 2 atom stereocenters. The Bertz CT molecular complexity index is 1180. The van der Waals surface area contributed by atoms with E-state index in [4.69, 9.17) is 23.2 Å². The van der Waals surface area contributed by atoms with Crippen molar-refractivity contribution in [2.75, 3.05) is 6.54 Å². The summed E-state index contributed by atoms with van der Waals surface area (Å²) in [6.07, 6.45) is 2.65. The lowest BCUT2D eigenvalue weighted by Crippen LogP contribution is -2.52. The van der Waals surface area contributed by atoms with Crippen LogP contribution in [0.3, 0.4) is 0 Å². The second kappa shape index (κ2) is 9.52. The van der Waals surface area contributed by atoms with E-state index in [-0.39, 0.29) is 21.8 Å². The maximum Gasteiger partial charge on any atom is 0.273 e. The minimum Gasteiger partial charge on any atom is -0.292 e. The number of nitro benzene ring substituents is 1. The van der Waals surface area contributed by atoms with E-state index in [0.717, 1.165) is 35.0 Å². The highest BCUT2D eigenvalue weighted by Gasteiger charge is 2.51. The molecule has 1 aliphatic heterocycles. The lowest BCUT2D eigenvalue weighted by atomic mass is 9.81. The molecule has 3 amide bonds. The Balaban J connectivity index is 1.70. The highest BCUT2D eigenvalue weighted by Crippen LogP contribution is 2.39. The Morgan fingerprint density at radius 2 is 1.59 bits per heavy atom. The van der Waals surface area contributed by atoms with Gasteiger partial charge in [0.25, 0.3) is 23.4 Å². The number of rotatable bonds is 6. The van der Waals surface area contributed by atoms with Crippen molar-refractivity contribution in [3.05, 3.63) is 73.8 Å². The maximum absolute atomic E-state index is 13.4. The Kier molecular flexibility index (Phi) is 6.67. The van der Waals surface area contributed by atoms with Crippen LogP contribution in [0.4, 0.5) is 5.69 Å². The first-order valence-corrected chi connectivity index (χ1v) is 11.4. The molecule has 9 nitrogen and oxygen atoms in total. The second-order valence-corrected chi connectivity index (χ2v) is 9.04. The molecule has 1 heterocycles. The number of nitro groups is 1. The second-order valence-electron chi connectivity index (χ2n) is 8.20. The molecule has 1 aliphatic carbocycles. The molecule has 1 saturated heterocycles. The number of carbonyl (C=O) groups excluding carboxylic acids is 4. The SMILES string of the molecule is O=C(CN(C(=O)c1ccc([N+](=O)[O-])cc1)N1C(=O)[C@H]2CCCC[C@@H]2C1=O)c1ccc(Cl)cc1Cl. The Hall–Kier alpha value is -3.30. The molecule has 0 N–H and O–H groups in total. The quantitative estimate of drug-likeness (QED) is 0.250. The molecule has 0 bridgehead atoms. The van der Waals surface area contributed by atoms with Crippen molar-refractivity contribution < 1.29 is 24.1 Å². The number of hydrogen-bond acceptors (Lipinski definition) is 6. The number of nitrogens with zero attached hydrogens (tertiary/aromatic N) is 3. The summed E-state index contributed by atoms with van der Waals surface area (Å²) in [6, 6.07) is 8.93. The van der Waals surface area contributed by atoms with E-state index in [1.807, 2.05) is 0 Å². The molecule has 11 heteroatoms. The first-order valence-electron chi connectivity index (χ1n) is 10.6. The fraction of sp³-hybridized carbons (Fsp3) is 0.304. The van der Waals surface area contributed by atoms with Crippen LogP contribution in [0.15, 0.2) is 42.5 Å². The Morgan fingerprint density at radius 1 is 1.00 bits per heavy atom. The van der Waals surface area contributed by atoms with Crippen molar-refractivity contribution >= 4 is 52.4 Å². The summed E-state index contributed by atoms with van der Waals surface area (Å²) >= 11 is 12.0. The van der Waals surface area contributed by atoms with E-state index in [1.54, 1.807) is 0 Å². The third-order valence-corrected chi connectivity index (χ3v) is 6.69. The van der Waals surface area contributed by atoms with Crippen LogP contribution >= 0.6 is 23.2 Å². The first-order chi connectivity index (χ1) is 16.2. The first kappa shape index (κ1) is 23.8. The Labute approximate surface area is 204 Å². The van der Waals surface area contributed by atoms with Gasteiger partial charge in [0, 0.05) is 28.3 Å². The number of halogens is 2. The van der Waals surface area contributed by atoms with E-state index in [9.17, 15) is 29.3 Å². The minimum atomic E-state index is -0.811. The third-order valence-electron chi connectivity index (χ3n) is 6.14. The van der Waals surface area contributed by atoms with Gasteiger partial charge >= 0.3 is 0 Å². The molecule has 0 unspecified atom stereocenters. The van der Waals surface area contributed by atoms with Gasteiger partial charge in [-0.2, -0.15) is 5.01 Å². The van der Waals surface area contributed by atoms with Gasteiger partial charge < -0.3 is 0 Å². The van der Waals surface area contributed by atoms with Crippen LogP contribution in [0.2, 0.25) is 10.0 Å². The van der Waals surface area contributed by atoms with Gasteiger partial charge in [-0.05, 0) is 43.2 Å². The van der Waals surface area contributed by atoms with Crippen molar-refractivity contribution in [3.63, 3.8) is 0 Å². The fourth-order valence-electron chi connectivity index (χ4n) is 4.43. The average molecular weight is 504 g/mol. The molecule has 2 aromatic rings. The molecule has 0 aromatic heterocycles. The zero-order valence-electron chi connectivity index (χ0n) is 17.8. The van der Waals surface area contributed by atoms with Crippen molar-refractivity contribution in [1.29, 1.82) is 0 Å². The molecule has 2 aromatic carbocycles. The number of carbonyl (C=O) groups is 4. The summed E-state index contributed by atoms with van der Waals surface area (Å²) in [5, 5.41) is 12.9. The Morgan fingerprint density at radius 3 is 2.12 bits per heavy atom. The topological polar surface area (TPSA) is 118 Å². The smallest absolute Gasteiger partial charge is 0.273 e. The predicted octanol–water partition coefficient (Wildman–Crippen LogP) is 4.32. The number of Topliss-reactive ketones (excluding diaryl/α,β-unsaturated/α-hetero) is 1. The summed E-state index contributed by atoms with van der Waals surface area (Å²) in [7, 11) is 0. The van der Waals surface area contributed by atoms with Gasteiger partial charge in [-0.25, -0.2) is 5.01 Å². The van der Waals surface area contributed by atoms with Gasteiger partial charge in [0.2, 0.25) is 0 Å². The third kappa shape index (κ3) is 4.41. The average Bonchev–Trinajstić information content (AvgIpc) is 3.07. The van der Waals surface area contributed by atoms with Crippen LogP contribution in [-0.4, -0.2) is 45.0 Å². The summed E-state index contributed by atoms with van der Waals surface area (Å²) < 4.78 is 0. The fourth-order valence-corrected chi connectivity index (χ4v) is 4.94. The van der Waals surface area contributed by atoms with Gasteiger partial charge in [-0.1, -0.05) is 36.0 Å². The lowest BCUT2D eigenvalue weighted by molar-refractivity contribution is -0.384. The molecular weight excluding hydrogens is 485 g/mol. The highest BCUT2D eigenvalue weighted by atomic mass is 35.5. The molecule has 0 radical (unpaired) electrons. The van der Waals surface area contributed by atoms with Gasteiger partial charge in [-0.3, -0.25) is 29.3 Å². The zero-order valence-corrected chi connectivity index (χ0v) is 19.3. The van der Waals surface area contributed by atoms with Crippen LogP contribution in [0, 0.1) is 22.0 Å². The van der Waals surface area contributed by atoms with Crippen molar-refractivity contribution in [2.45, 2.75) is 25.7 Å². The molecule has 176 valence electrons. The highest BCUT2D eigenvalue weighted by molar-refractivity contribution is 6.37. The normalized spacial score (nSPS) is 19.6. The maximum atomic E-state index is 13.4. The van der Waals surface area contributed by atoms with Gasteiger partial charge in [0.1, 0.15) is 6.54 Å². The van der Waals surface area contributed by atoms with Crippen LogP contribution in [0.5, 0.6) is 0 Å². The van der Waals surface area contributed by atoms with Gasteiger partial charge in [0.05, 0.1) is 21.8 Å². The van der Waals surface area contributed by atoms with Gasteiger partial charge in [-0.15, -0.1) is 0 Å². The summed E-state index contributed by atoms with van der Waals surface area (Å²) in [6.45, 7) is -0.631. The molecule has 34 heavy (non-hydrogen) atoms. The monoisotopic (exact) mass is 503 g/mol. The molecule has 0 spiro atoms.